The molecule has 1 heteroatoms. The predicted molar refractivity (Wildman–Crippen MR) is 58.9 cm³/mol. The molecule has 2 atom stereocenters. The molecule has 4 aliphatic rings. The highest BCUT2D eigenvalue weighted by molar-refractivity contribution is 7.80. The third kappa shape index (κ3) is 1.000. The lowest BCUT2D eigenvalue weighted by molar-refractivity contribution is 0.0482. The molecule has 0 spiro atoms. The van der Waals surface area contributed by atoms with E-state index in [0.717, 1.165) is 17.8 Å². The lowest BCUT2D eigenvalue weighted by atomic mass is 9.49. The van der Waals surface area contributed by atoms with E-state index < -0.39 is 0 Å². The first-order valence-electron chi connectivity index (χ1n) is 5.78. The number of hydrogen-bond acceptors (Lipinski definition) is 1. The lowest BCUT2D eigenvalue weighted by Gasteiger charge is -2.57. The molecule has 0 N–H and O–H groups in total. The van der Waals surface area contributed by atoms with Crippen LogP contribution in [-0.4, -0.2) is 4.86 Å². The first-order chi connectivity index (χ1) is 6.23. The second-order valence-electron chi connectivity index (χ2n) is 5.54. The van der Waals surface area contributed by atoms with E-state index >= 15 is 0 Å². The van der Waals surface area contributed by atoms with Crippen LogP contribution < -0.4 is 0 Å². The molecular formula is C12H18S. The minimum atomic E-state index is 0.532. The molecule has 72 valence electrons. The summed E-state index contributed by atoms with van der Waals surface area (Å²) in [6.07, 6.45) is 8.61. The van der Waals surface area contributed by atoms with Crippen molar-refractivity contribution in [2.75, 3.05) is 0 Å². The van der Waals surface area contributed by atoms with Gasteiger partial charge in [0.2, 0.25) is 0 Å². The quantitative estimate of drug-likeness (QED) is 0.575. The Balaban J connectivity index is 2.00. The summed E-state index contributed by atoms with van der Waals surface area (Å²) in [5.41, 5.74) is 0.532. The SMILES string of the molecule is CCC12CC3CC(CC(C3)C1=S)C2. The highest BCUT2D eigenvalue weighted by atomic mass is 32.1. The van der Waals surface area contributed by atoms with Crippen molar-refractivity contribution in [2.45, 2.75) is 45.4 Å². The summed E-state index contributed by atoms with van der Waals surface area (Å²) in [4.78, 5) is 1.47. The van der Waals surface area contributed by atoms with Gasteiger partial charge in [-0.2, -0.15) is 0 Å². The van der Waals surface area contributed by atoms with E-state index in [1.165, 1.54) is 43.4 Å². The molecule has 4 fully saturated rings. The van der Waals surface area contributed by atoms with Gasteiger partial charge in [-0.1, -0.05) is 19.1 Å². The van der Waals surface area contributed by atoms with Crippen LogP contribution in [0.25, 0.3) is 0 Å². The summed E-state index contributed by atoms with van der Waals surface area (Å²) < 4.78 is 0. The van der Waals surface area contributed by atoms with Gasteiger partial charge in [0.15, 0.2) is 0 Å². The molecule has 2 unspecified atom stereocenters. The summed E-state index contributed by atoms with van der Waals surface area (Å²) >= 11 is 5.69. The number of thiocarbonyl (C=S) groups is 1. The first kappa shape index (κ1) is 8.40. The molecule has 0 radical (unpaired) electrons. The topological polar surface area (TPSA) is 0 Å². The van der Waals surface area contributed by atoms with E-state index in [9.17, 15) is 0 Å². The molecule has 0 nitrogen and oxygen atoms in total. The number of rotatable bonds is 1. The van der Waals surface area contributed by atoms with Gasteiger partial charge >= 0.3 is 0 Å². The van der Waals surface area contributed by atoms with E-state index in [4.69, 9.17) is 12.2 Å². The van der Waals surface area contributed by atoms with Crippen LogP contribution in [0.1, 0.15) is 45.4 Å². The van der Waals surface area contributed by atoms with Crippen LogP contribution in [0.15, 0.2) is 0 Å². The fourth-order valence-electron chi connectivity index (χ4n) is 4.40. The second kappa shape index (κ2) is 2.56. The zero-order valence-corrected chi connectivity index (χ0v) is 9.20. The molecule has 0 aromatic rings. The largest absolute Gasteiger partial charge is 0.0888 e. The van der Waals surface area contributed by atoms with E-state index in [1.807, 2.05) is 0 Å². The number of hydrogen-bond donors (Lipinski definition) is 0. The Morgan fingerprint density at radius 1 is 1.23 bits per heavy atom. The lowest BCUT2D eigenvalue weighted by Crippen LogP contribution is -2.52. The van der Waals surface area contributed by atoms with Crippen molar-refractivity contribution < 1.29 is 0 Å². The van der Waals surface area contributed by atoms with Crippen LogP contribution in [-0.2, 0) is 0 Å². The molecule has 0 heterocycles. The van der Waals surface area contributed by atoms with Gasteiger partial charge in [0.05, 0.1) is 0 Å². The Morgan fingerprint density at radius 2 is 1.85 bits per heavy atom. The maximum atomic E-state index is 5.69. The summed E-state index contributed by atoms with van der Waals surface area (Å²) in [7, 11) is 0. The fraction of sp³-hybridized carbons (Fsp3) is 0.917. The molecule has 0 amide bonds. The van der Waals surface area contributed by atoms with Gasteiger partial charge in [0, 0.05) is 10.3 Å². The van der Waals surface area contributed by atoms with Gasteiger partial charge in [-0.25, -0.2) is 0 Å². The third-order valence-corrected chi connectivity index (χ3v) is 5.60. The molecule has 4 bridgehead atoms. The van der Waals surface area contributed by atoms with Crippen molar-refractivity contribution in [3.8, 4) is 0 Å². The van der Waals surface area contributed by atoms with E-state index in [1.54, 1.807) is 0 Å². The molecule has 4 rings (SSSR count). The molecular weight excluding hydrogens is 176 g/mol. The van der Waals surface area contributed by atoms with Crippen LogP contribution >= 0.6 is 12.2 Å². The van der Waals surface area contributed by atoms with Crippen LogP contribution in [0.5, 0.6) is 0 Å². The summed E-state index contributed by atoms with van der Waals surface area (Å²) in [6.45, 7) is 2.35. The van der Waals surface area contributed by atoms with Crippen molar-refractivity contribution in [2.24, 2.45) is 23.2 Å². The molecule has 0 saturated heterocycles. The van der Waals surface area contributed by atoms with Gasteiger partial charge < -0.3 is 0 Å². The van der Waals surface area contributed by atoms with Gasteiger partial charge in [0.1, 0.15) is 0 Å². The Morgan fingerprint density at radius 3 is 2.38 bits per heavy atom. The summed E-state index contributed by atoms with van der Waals surface area (Å²) in [5, 5.41) is 0. The Kier molecular flexibility index (Phi) is 1.66. The van der Waals surface area contributed by atoms with Crippen molar-refractivity contribution in [1.82, 2.24) is 0 Å². The van der Waals surface area contributed by atoms with Crippen LogP contribution in [0.4, 0.5) is 0 Å². The zero-order chi connectivity index (χ0) is 9.05. The summed E-state index contributed by atoms with van der Waals surface area (Å²) in [6, 6.07) is 0. The maximum absolute atomic E-state index is 5.69. The Labute approximate surface area is 86.1 Å². The van der Waals surface area contributed by atoms with E-state index in [2.05, 4.69) is 6.92 Å². The molecule has 4 aliphatic carbocycles. The van der Waals surface area contributed by atoms with E-state index in [0.29, 0.717) is 5.41 Å². The standard InChI is InChI=1S/C12H18S/c1-2-12-6-8-3-9(7-12)5-10(4-8)11(12)13/h8-10H,2-7H2,1H3. The highest BCUT2D eigenvalue weighted by Gasteiger charge is 2.53. The van der Waals surface area contributed by atoms with Gasteiger partial charge in [0.25, 0.3) is 0 Å². The molecule has 13 heavy (non-hydrogen) atoms. The molecule has 0 aromatic carbocycles. The van der Waals surface area contributed by atoms with Crippen LogP contribution in [0.3, 0.4) is 0 Å². The third-order valence-electron chi connectivity index (χ3n) is 4.83. The molecule has 4 saturated carbocycles. The van der Waals surface area contributed by atoms with Crippen molar-refractivity contribution in [3.05, 3.63) is 0 Å². The van der Waals surface area contributed by atoms with E-state index in [-0.39, 0.29) is 0 Å². The minimum Gasteiger partial charge on any atom is -0.0888 e. The zero-order valence-electron chi connectivity index (χ0n) is 8.38. The first-order valence-corrected chi connectivity index (χ1v) is 6.18. The van der Waals surface area contributed by atoms with Crippen LogP contribution in [0.2, 0.25) is 0 Å². The van der Waals surface area contributed by atoms with Crippen molar-refractivity contribution in [3.63, 3.8) is 0 Å². The fourth-order valence-corrected chi connectivity index (χ4v) is 4.90. The minimum absolute atomic E-state index is 0.532. The highest BCUT2D eigenvalue weighted by Crippen LogP contribution is 2.59. The van der Waals surface area contributed by atoms with Crippen molar-refractivity contribution >= 4 is 17.1 Å². The monoisotopic (exact) mass is 194 g/mol. The average molecular weight is 194 g/mol. The van der Waals surface area contributed by atoms with Crippen LogP contribution in [0, 0.1) is 23.2 Å². The average Bonchev–Trinajstić information content (AvgIpc) is 2.12. The van der Waals surface area contributed by atoms with Gasteiger partial charge in [-0.05, 0) is 56.3 Å². The van der Waals surface area contributed by atoms with Gasteiger partial charge in [-0.3, -0.25) is 0 Å². The molecule has 0 aliphatic heterocycles. The maximum Gasteiger partial charge on any atom is 0.00221 e. The second-order valence-corrected chi connectivity index (χ2v) is 5.98. The summed E-state index contributed by atoms with van der Waals surface area (Å²) in [5.74, 6) is 2.94. The predicted octanol–water partition coefficient (Wildman–Crippen LogP) is 3.59. The Bertz CT molecular complexity index is 242. The van der Waals surface area contributed by atoms with Crippen molar-refractivity contribution in [1.29, 1.82) is 0 Å². The molecule has 0 aromatic heterocycles. The van der Waals surface area contributed by atoms with Gasteiger partial charge in [-0.15, -0.1) is 0 Å². The Hall–Kier alpha value is 0.0900. The normalized spacial score (nSPS) is 53.0. The smallest absolute Gasteiger partial charge is 0.00221 e.